The lowest BCUT2D eigenvalue weighted by Gasteiger charge is -2.23. The molecular weight excluding hydrogens is 362 g/mol. The highest BCUT2D eigenvalue weighted by Crippen LogP contribution is 2.25. The fourth-order valence-corrected chi connectivity index (χ4v) is 2.82. The highest BCUT2D eigenvalue weighted by atomic mass is 79.9. The van der Waals surface area contributed by atoms with Crippen molar-refractivity contribution in [3.8, 4) is 11.8 Å². The number of aliphatic hydroxyl groups is 1. The molecular formula is C21H16BrNO. The summed E-state index contributed by atoms with van der Waals surface area (Å²) in [5.41, 5.74) is 1.13. The van der Waals surface area contributed by atoms with Gasteiger partial charge in [-0.1, -0.05) is 66.6 Å². The molecule has 118 valence electrons. The van der Waals surface area contributed by atoms with E-state index in [1.807, 2.05) is 72.8 Å². The molecule has 2 aromatic carbocycles. The zero-order valence-electron chi connectivity index (χ0n) is 13.0. The lowest BCUT2D eigenvalue weighted by Crippen LogP contribution is -2.26. The number of rotatable bonds is 3. The fourth-order valence-electron chi connectivity index (χ4n) is 2.46. The zero-order valence-corrected chi connectivity index (χ0v) is 14.6. The number of benzene rings is 2. The minimum absolute atomic E-state index is 0.412. The quantitative estimate of drug-likeness (QED) is 0.689. The SMILES string of the molecule is O[C@@](C#Cc1ncccc1Br)(Cc1ccccc1)c1ccccc1. The molecule has 0 saturated carbocycles. The van der Waals surface area contributed by atoms with E-state index < -0.39 is 5.60 Å². The summed E-state index contributed by atoms with van der Waals surface area (Å²) in [5.74, 6) is 6.05. The molecule has 0 saturated heterocycles. The van der Waals surface area contributed by atoms with Crippen LogP contribution in [-0.4, -0.2) is 10.1 Å². The summed E-state index contributed by atoms with van der Waals surface area (Å²) >= 11 is 3.44. The van der Waals surface area contributed by atoms with Gasteiger partial charge in [-0.15, -0.1) is 0 Å². The number of pyridine rings is 1. The molecule has 1 heterocycles. The van der Waals surface area contributed by atoms with Gasteiger partial charge in [0.2, 0.25) is 0 Å². The Kier molecular flexibility index (Phi) is 5.10. The van der Waals surface area contributed by atoms with Crippen LogP contribution in [0.2, 0.25) is 0 Å². The lowest BCUT2D eigenvalue weighted by atomic mass is 9.87. The first-order chi connectivity index (χ1) is 11.7. The van der Waals surface area contributed by atoms with Gasteiger partial charge >= 0.3 is 0 Å². The third-order valence-corrected chi connectivity index (χ3v) is 4.34. The van der Waals surface area contributed by atoms with E-state index in [-0.39, 0.29) is 0 Å². The predicted molar refractivity (Wildman–Crippen MR) is 99.3 cm³/mol. The highest BCUT2D eigenvalue weighted by Gasteiger charge is 2.27. The van der Waals surface area contributed by atoms with Crippen LogP contribution in [0, 0.1) is 11.8 Å². The maximum absolute atomic E-state index is 11.3. The largest absolute Gasteiger partial charge is 0.373 e. The Balaban J connectivity index is 2.02. The normalized spacial score (nSPS) is 12.8. The smallest absolute Gasteiger partial charge is 0.155 e. The second-order valence-corrected chi connectivity index (χ2v) is 6.33. The summed E-state index contributed by atoms with van der Waals surface area (Å²) in [6.07, 6.45) is 2.10. The maximum Gasteiger partial charge on any atom is 0.155 e. The monoisotopic (exact) mass is 377 g/mol. The minimum Gasteiger partial charge on any atom is -0.373 e. The Morgan fingerprint density at radius 3 is 2.25 bits per heavy atom. The average molecular weight is 378 g/mol. The molecule has 3 rings (SSSR count). The Hall–Kier alpha value is -2.41. The molecule has 1 N–H and O–H groups in total. The van der Waals surface area contributed by atoms with Gasteiger partial charge < -0.3 is 5.11 Å². The molecule has 1 atom stereocenters. The first-order valence-electron chi connectivity index (χ1n) is 7.63. The van der Waals surface area contributed by atoms with Crippen LogP contribution in [0.1, 0.15) is 16.8 Å². The van der Waals surface area contributed by atoms with Gasteiger partial charge in [0, 0.05) is 12.6 Å². The molecule has 0 aliphatic heterocycles. The van der Waals surface area contributed by atoms with E-state index in [2.05, 4.69) is 32.8 Å². The summed E-state index contributed by atoms with van der Waals surface area (Å²) in [5, 5.41) is 11.3. The molecule has 0 amide bonds. The van der Waals surface area contributed by atoms with Crippen molar-refractivity contribution in [1.82, 2.24) is 4.98 Å². The van der Waals surface area contributed by atoms with E-state index in [1.54, 1.807) is 6.20 Å². The standard InChI is InChI=1S/C21H16BrNO/c22-19-12-7-15-23-20(19)13-14-21(24,18-10-5-2-6-11-18)16-17-8-3-1-4-9-17/h1-12,15,24H,16H2/t21-/m0/s1. The van der Waals surface area contributed by atoms with Crippen molar-refractivity contribution in [1.29, 1.82) is 0 Å². The van der Waals surface area contributed by atoms with Gasteiger partial charge in [-0.25, -0.2) is 4.98 Å². The van der Waals surface area contributed by atoms with Gasteiger partial charge in [-0.3, -0.25) is 0 Å². The molecule has 3 aromatic rings. The van der Waals surface area contributed by atoms with E-state index in [0.717, 1.165) is 15.6 Å². The molecule has 0 aliphatic rings. The van der Waals surface area contributed by atoms with E-state index >= 15 is 0 Å². The number of nitrogens with zero attached hydrogens (tertiary/aromatic N) is 1. The van der Waals surface area contributed by atoms with Gasteiger partial charge in [0.05, 0.1) is 4.47 Å². The second-order valence-electron chi connectivity index (χ2n) is 5.47. The summed E-state index contributed by atoms with van der Waals surface area (Å²) < 4.78 is 0.813. The summed E-state index contributed by atoms with van der Waals surface area (Å²) in [7, 11) is 0. The fraction of sp³-hybridized carbons (Fsp3) is 0.0952. The van der Waals surface area contributed by atoms with Crippen molar-refractivity contribution in [2.45, 2.75) is 12.0 Å². The van der Waals surface area contributed by atoms with E-state index in [9.17, 15) is 5.11 Å². The molecule has 0 fully saturated rings. The van der Waals surface area contributed by atoms with E-state index in [1.165, 1.54) is 0 Å². The van der Waals surface area contributed by atoms with Crippen LogP contribution >= 0.6 is 15.9 Å². The Morgan fingerprint density at radius 1 is 0.917 bits per heavy atom. The van der Waals surface area contributed by atoms with Crippen LogP contribution < -0.4 is 0 Å². The number of aromatic nitrogens is 1. The Labute approximate surface area is 150 Å². The molecule has 0 unspecified atom stereocenters. The molecule has 0 bridgehead atoms. The van der Waals surface area contributed by atoms with Crippen molar-refractivity contribution in [2.75, 3.05) is 0 Å². The van der Waals surface area contributed by atoms with Crippen LogP contribution in [0.15, 0.2) is 83.5 Å². The number of hydrogen-bond acceptors (Lipinski definition) is 2. The first kappa shape index (κ1) is 16.4. The van der Waals surface area contributed by atoms with Crippen LogP contribution in [0.4, 0.5) is 0 Å². The Bertz CT molecular complexity index is 868. The second kappa shape index (κ2) is 7.44. The van der Waals surface area contributed by atoms with Crippen molar-refractivity contribution in [3.05, 3.63) is 100 Å². The van der Waals surface area contributed by atoms with E-state index in [0.29, 0.717) is 12.1 Å². The van der Waals surface area contributed by atoms with Gasteiger partial charge in [-0.2, -0.15) is 0 Å². The van der Waals surface area contributed by atoms with Gasteiger partial charge in [-0.05, 0) is 45.1 Å². The maximum atomic E-state index is 11.3. The molecule has 1 aromatic heterocycles. The summed E-state index contributed by atoms with van der Waals surface area (Å²) in [6.45, 7) is 0. The molecule has 0 spiro atoms. The molecule has 0 aliphatic carbocycles. The third-order valence-electron chi connectivity index (χ3n) is 3.70. The zero-order chi connectivity index (χ0) is 16.8. The topological polar surface area (TPSA) is 33.1 Å². The summed E-state index contributed by atoms with van der Waals surface area (Å²) in [4.78, 5) is 4.25. The molecule has 24 heavy (non-hydrogen) atoms. The van der Waals surface area contributed by atoms with Crippen LogP contribution in [0.3, 0.4) is 0 Å². The van der Waals surface area contributed by atoms with Gasteiger partial charge in [0.1, 0.15) is 5.69 Å². The number of hydrogen-bond donors (Lipinski definition) is 1. The predicted octanol–water partition coefficient (Wildman–Crippen LogP) is 4.33. The van der Waals surface area contributed by atoms with Crippen LogP contribution in [0.25, 0.3) is 0 Å². The Morgan fingerprint density at radius 2 is 1.58 bits per heavy atom. The van der Waals surface area contributed by atoms with Crippen molar-refractivity contribution in [3.63, 3.8) is 0 Å². The average Bonchev–Trinajstić information content (AvgIpc) is 2.63. The van der Waals surface area contributed by atoms with Gasteiger partial charge in [0.25, 0.3) is 0 Å². The highest BCUT2D eigenvalue weighted by molar-refractivity contribution is 9.10. The molecule has 3 heteroatoms. The van der Waals surface area contributed by atoms with Crippen molar-refractivity contribution in [2.24, 2.45) is 0 Å². The van der Waals surface area contributed by atoms with E-state index in [4.69, 9.17) is 0 Å². The molecule has 2 nitrogen and oxygen atoms in total. The first-order valence-corrected chi connectivity index (χ1v) is 8.42. The summed E-state index contributed by atoms with van der Waals surface area (Å²) in [6, 6.07) is 23.1. The minimum atomic E-state index is -1.28. The number of halogens is 1. The van der Waals surface area contributed by atoms with Crippen LogP contribution in [-0.2, 0) is 12.0 Å². The van der Waals surface area contributed by atoms with Crippen LogP contribution in [0.5, 0.6) is 0 Å². The van der Waals surface area contributed by atoms with Gasteiger partial charge in [0.15, 0.2) is 5.60 Å². The van der Waals surface area contributed by atoms with Crippen molar-refractivity contribution >= 4 is 15.9 Å². The molecule has 0 radical (unpaired) electrons. The lowest BCUT2D eigenvalue weighted by molar-refractivity contribution is 0.101. The third kappa shape index (κ3) is 3.91. The van der Waals surface area contributed by atoms with Crippen molar-refractivity contribution < 1.29 is 5.11 Å².